The number of nitrogens with one attached hydrogen (secondary N) is 1. The Morgan fingerprint density at radius 1 is 1.03 bits per heavy atom. The second-order valence-corrected chi connectivity index (χ2v) is 10.6. The number of aromatic nitrogens is 1. The summed E-state index contributed by atoms with van der Waals surface area (Å²) in [5.74, 6) is 0.497. The first kappa shape index (κ1) is 28.5. The van der Waals surface area contributed by atoms with Gasteiger partial charge in [-0.25, -0.2) is 4.99 Å². The molecule has 4 rings (SSSR count). The Morgan fingerprint density at radius 3 is 2.67 bits per heavy atom. The van der Waals surface area contributed by atoms with Crippen molar-refractivity contribution in [1.82, 2.24) is 10.3 Å². The van der Waals surface area contributed by atoms with Crippen LogP contribution in [0.3, 0.4) is 0 Å². The molecule has 1 aromatic carbocycles. The number of allylic oxidation sites excluding steroid dienone is 1. The van der Waals surface area contributed by atoms with E-state index in [-0.39, 0.29) is 18.9 Å². The van der Waals surface area contributed by atoms with Crippen molar-refractivity contribution in [3.8, 4) is 0 Å². The number of unbranched alkanes of at least 4 members (excludes halogenated alkanes) is 3. The highest BCUT2D eigenvalue weighted by atomic mass is 16.5. The molecular formula is C32H41N3O4. The maximum Gasteiger partial charge on any atom is 0.303 e. The highest BCUT2D eigenvalue weighted by Gasteiger charge is 2.28. The molecule has 208 valence electrons. The molecule has 1 fully saturated rings. The normalized spacial score (nSPS) is 17.9. The summed E-state index contributed by atoms with van der Waals surface area (Å²) in [7, 11) is 0. The molecule has 1 aliphatic heterocycles. The Labute approximate surface area is 231 Å². The fourth-order valence-electron chi connectivity index (χ4n) is 5.50. The van der Waals surface area contributed by atoms with Crippen LogP contribution in [-0.2, 0) is 14.3 Å². The Morgan fingerprint density at radius 2 is 1.87 bits per heavy atom. The number of carbonyl (C=O) groups excluding carboxylic acids is 1. The zero-order valence-corrected chi connectivity index (χ0v) is 22.8. The van der Waals surface area contributed by atoms with Crippen molar-refractivity contribution >= 4 is 23.3 Å². The van der Waals surface area contributed by atoms with Crippen LogP contribution >= 0.6 is 0 Å². The molecule has 1 aromatic heterocycles. The largest absolute Gasteiger partial charge is 0.481 e. The zero-order valence-electron chi connectivity index (χ0n) is 22.8. The number of benzene rings is 1. The predicted octanol–water partition coefficient (Wildman–Crippen LogP) is 6.17. The average molecular weight is 532 g/mol. The standard InChI is InChI=1S/C32H41N3O4/c36-30(37)19-6-2-5-16-26(25-15-11-20-33-22-25)27-17-7-8-18-28(27)32-35-29(23-39-32)31(38)34-21-10-9-14-24-12-3-1-4-13-24/h7-8,11,15-18,20,22,24,29H,1-6,9-10,12-14,19,21,23H2,(H,34,38)(H,36,37)/b26-16+. The topological polar surface area (TPSA) is 101 Å². The van der Waals surface area contributed by atoms with Crippen LogP contribution in [0, 0.1) is 5.92 Å². The van der Waals surface area contributed by atoms with Gasteiger partial charge in [-0.2, -0.15) is 0 Å². The first-order chi connectivity index (χ1) is 19.1. The van der Waals surface area contributed by atoms with Crippen molar-refractivity contribution in [1.29, 1.82) is 0 Å². The third kappa shape index (κ3) is 8.77. The molecule has 1 saturated carbocycles. The number of pyridine rings is 1. The first-order valence-corrected chi connectivity index (χ1v) is 14.5. The van der Waals surface area contributed by atoms with Crippen LogP contribution in [0.4, 0.5) is 0 Å². The number of rotatable bonds is 14. The SMILES string of the molecule is O=C(O)CCCC/C=C(\c1cccnc1)c1ccccc1C1=NC(C(=O)NCCCCC2CCCCC2)CO1. The molecule has 1 atom stereocenters. The summed E-state index contributed by atoms with van der Waals surface area (Å²) >= 11 is 0. The van der Waals surface area contributed by atoms with Crippen LogP contribution in [0.25, 0.3) is 5.57 Å². The molecule has 2 aliphatic rings. The molecule has 2 aromatic rings. The van der Waals surface area contributed by atoms with Gasteiger partial charge in [0.25, 0.3) is 0 Å². The summed E-state index contributed by atoms with van der Waals surface area (Å²) in [4.78, 5) is 32.7. The fourth-order valence-corrected chi connectivity index (χ4v) is 5.50. The maximum absolute atomic E-state index is 12.8. The highest BCUT2D eigenvalue weighted by molar-refractivity contribution is 6.03. The van der Waals surface area contributed by atoms with Gasteiger partial charge in [0.1, 0.15) is 6.61 Å². The molecule has 0 saturated heterocycles. The molecule has 1 amide bonds. The average Bonchev–Trinajstić information content (AvgIpc) is 3.46. The van der Waals surface area contributed by atoms with Crippen LogP contribution in [-0.4, -0.2) is 47.1 Å². The molecule has 0 spiro atoms. The van der Waals surface area contributed by atoms with Gasteiger partial charge in [0.05, 0.1) is 0 Å². The third-order valence-corrected chi connectivity index (χ3v) is 7.63. The molecule has 39 heavy (non-hydrogen) atoms. The van der Waals surface area contributed by atoms with Gasteiger partial charge in [0.15, 0.2) is 6.04 Å². The Kier molecular flexibility index (Phi) is 11.1. The number of hydrogen-bond donors (Lipinski definition) is 2. The molecule has 1 unspecified atom stereocenters. The van der Waals surface area contributed by atoms with E-state index in [1.165, 1.54) is 38.5 Å². The lowest BCUT2D eigenvalue weighted by molar-refractivity contribution is -0.137. The van der Waals surface area contributed by atoms with Crippen molar-refractivity contribution in [3.05, 3.63) is 71.6 Å². The van der Waals surface area contributed by atoms with Crippen LogP contribution in [0.15, 0.2) is 59.9 Å². The molecule has 0 radical (unpaired) electrons. The van der Waals surface area contributed by atoms with E-state index in [9.17, 15) is 9.59 Å². The fraction of sp³-hybridized carbons (Fsp3) is 0.500. The van der Waals surface area contributed by atoms with Gasteiger partial charge in [0.2, 0.25) is 11.8 Å². The molecule has 7 nitrogen and oxygen atoms in total. The van der Waals surface area contributed by atoms with E-state index in [0.717, 1.165) is 53.9 Å². The van der Waals surface area contributed by atoms with Gasteiger partial charge < -0.3 is 15.2 Å². The Hall–Kier alpha value is -3.48. The summed E-state index contributed by atoms with van der Waals surface area (Å²) < 4.78 is 5.96. The number of nitrogens with zero attached hydrogens (tertiary/aromatic N) is 2. The second-order valence-electron chi connectivity index (χ2n) is 10.6. The Balaban J connectivity index is 1.39. The number of amides is 1. The van der Waals surface area contributed by atoms with Gasteiger partial charge in [-0.1, -0.05) is 75.3 Å². The lowest BCUT2D eigenvalue weighted by Gasteiger charge is -2.21. The van der Waals surface area contributed by atoms with E-state index in [2.05, 4.69) is 21.4 Å². The van der Waals surface area contributed by atoms with E-state index in [0.29, 0.717) is 18.9 Å². The summed E-state index contributed by atoms with van der Waals surface area (Å²) in [5, 5.41) is 12.0. The maximum atomic E-state index is 12.8. The van der Waals surface area contributed by atoms with Crippen molar-refractivity contribution in [3.63, 3.8) is 0 Å². The quantitative estimate of drug-likeness (QED) is 0.284. The lowest BCUT2D eigenvalue weighted by atomic mass is 9.86. The molecule has 2 N–H and O–H groups in total. The molecule has 2 heterocycles. The Bertz CT molecular complexity index is 1140. The van der Waals surface area contributed by atoms with Gasteiger partial charge >= 0.3 is 5.97 Å². The van der Waals surface area contributed by atoms with Crippen LogP contribution in [0.5, 0.6) is 0 Å². The van der Waals surface area contributed by atoms with Gasteiger partial charge in [-0.3, -0.25) is 14.6 Å². The van der Waals surface area contributed by atoms with Gasteiger partial charge in [-0.05, 0) is 54.9 Å². The minimum atomic E-state index is -0.772. The van der Waals surface area contributed by atoms with Crippen molar-refractivity contribution < 1.29 is 19.4 Å². The predicted molar refractivity (Wildman–Crippen MR) is 154 cm³/mol. The number of carboxylic acids is 1. The first-order valence-electron chi connectivity index (χ1n) is 14.5. The van der Waals surface area contributed by atoms with Crippen LogP contribution in [0.1, 0.15) is 93.7 Å². The van der Waals surface area contributed by atoms with E-state index >= 15 is 0 Å². The van der Waals surface area contributed by atoms with Crippen molar-refractivity contribution in [2.45, 2.75) is 83.1 Å². The second kappa shape index (κ2) is 15.2. The summed E-state index contributed by atoms with van der Waals surface area (Å²) in [6.45, 7) is 0.915. The van der Waals surface area contributed by atoms with E-state index in [1.54, 1.807) is 6.20 Å². The molecule has 1 aliphatic carbocycles. The molecular weight excluding hydrogens is 490 g/mol. The number of aliphatic imine (C=N–C) groups is 1. The minimum Gasteiger partial charge on any atom is -0.481 e. The number of carbonyl (C=O) groups is 2. The van der Waals surface area contributed by atoms with E-state index in [4.69, 9.17) is 9.84 Å². The van der Waals surface area contributed by atoms with Crippen LogP contribution < -0.4 is 5.32 Å². The monoisotopic (exact) mass is 531 g/mol. The molecule has 7 heteroatoms. The highest BCUT2D eigenvalue weighted by Crippen LogP contribution is 2.29. The number of carboxylic acid groups (broad SMARTS) is 1. The van der Waals surface area contributed by atoms with Crippen molar-refractivity contribution in [2.24, 2.45) is 10.9 Å². The van der Waals surface area contributed by atoms with Gasteiger partial charge in [-0.15, -0.1) is 0 Å². The number of aliphatic carboxylic acids is 1. The van der Waals surface area contributed by atoms with Gasteiger partial charge in [0, 0.05) is 36.5 Å². The summed E-state index contributed by atoms with van der Waals surface area (Å²) in [6, 6.07) is 11.3. The van der Waals surface area contributed by atoms with Crippen molar-refractivity contribution in [2.75, 3.05) is 13.2 Å². The molecule has 0 bridgehead atoms. The van der Waals surface area contributed by atoms with Crippen LogP contribution in [0.2, 0.25) is 0 Å². The minimum absolute atomic E-state index is 0.0818. The zero-order chi connectivity index (χ0) is 27.3. The summed E-state index contributed by atoms with van der Waals surface area (Å²) in [6.07, 6.45) is 18.3. The smallest absolute Gasteiger partial charge is 0.303 e. The van der Waals surface area contributed by atoms with E-state index < -0.39 is 12.0 Å². The number of ether oxygens (including phenoxy) is 1. The number of hydrogen-bond acceptors (Lipinski definition) is 5. The lowest BCUT2D eigenvalue weighted by Crippen LogP contribution is -2.34. The third-order valence-electron chi connectivity index (χ3n) is 7.63. The summed E-state index contributed by atoms with van der Waals surface area (Å²) in [5.41, 5.74) is 3.74. The van der Waals surface area contributed by atoms with E-state index in [1.807, 2.05) is 42.6 Å².